The Bertz CT molecular complexity index is 764. The molecule has 0 saturated carbocycles. The van der Waals surface area contributed by atoms with Crippen LogP contribution in [-0.2, 0) is 0 Å². The van der Waals surface area contributed by atoms with E-state index in [0.717, 1.165) is 9.86 Å². The van der Waals surface area contributed by atoms with Crippen molar-refractivity contribution in [2.45, 2.75) is 6.04 Å². The van der Waals surface area contributed by atoms with E-state index in [9.17, 15) is 8.78 Å². The standard InChI is InChI=1S/C15H10BrF2NO/c16-9-4-5-12-8(6-9)7-13(20-12)15(19)14-10(17)2-1-3-11(14)18/h1-7,15H,19H2. The fourth-order valence-electron chi connectivity index (χ4n) is 2.14. The highest BCUT2D eigenvalue weighted by Crippen LogP contribution is 2.30. The lowest BCUT2D eigenvalue weighted by Gasteiger charge is -2.11. The number of hydrogen-bond acceptors (Lipinski definition) is 2. The van der Waals surface area contributed by atoms with Gasteiger partial charge in [-0.25, -0.2) is 8.78 Å². The topological polar surface area (TPSA) is 39.2 Å². The number of rotatable bonds is 2. The molecule has 2 aromatic carbocycles. The lowest BCUT2D eigenvalue weighted by atomic mass is 10.0. The van der Waals surface area contributed by atoms with E-state index < -0.39 is 17.7 Å². The summed E-state index contributed by atoms with van der Waals surface area (Å²) in [5.74, 6) is -1.04. The van der Waals surface area contributed by atoms with E-state index in [2.05, 4.69) is 15.9 Å². The number of nitrogens with two attached hydrogens (primary N) is 1. The van der Waals surface area contributed by atoms with Crippen molar-refractivity contribution >= 4 is 26.9 Å². The monoisotopic (exact) mass is 337 g/mol. The van der Waals surface area contributed by atoms with Crippen LogP contribution in [0.15, 0.2) is 51.4 Å². The van der Waals surface area contributed by atoms with E-state index in [4.69, 9.17) is 10.2 Å². The Kier molecular flexibility index (Phi) is 3.31. The predicted molar refractivity (Wildman–Crippen MR) is 76.3 cm³/mol. The summed E-state index contributed by atoms with van der Waals surface area (Å²) in [6.45, 7) is 0. The molecule has 0 fully saturated rings. The van der Waals surface area contributed by atoms with Crippen LogP contribution in [0.25, 0.3) is 11.0 Å². The van der Waals surface area contributed by atoms with Gasteiger partial charge in [0.25, 0.3) is 0 Å². The van der Waals surface area contributed by atoms with Gasteiger partial charge in [-0.15, -0.1) is 0 Å². The molecule has 102 valence electrons. The SMILES string of the molecule is NC(c1cc2cc(Br)ccc2o1)c1c(F)cccc1F. The first kappa shape index (κ1) is 13.3. The third-order valence-corrected chi connectivity index (χ3v) is 3.61. The lowest BCUT2D eigenvalue weighted by Crippen LogP contribution is -2.14. The van der Waals surface area contributed by atoms with Gasteiger partial charge in [-0.1, -0.05) is 22.0 Å². The summed E-state index contributed by atoms with van der Waals surface area (Å²) in [4.78, 5) is 0. The second kappa shape index (κ2) is 5.00. The van der Waals surface area contributed by atoms with Gasteiger partial charge >= 0.3 is 0 Å². The third kappa shape index (κ3) is 2.23. The van der Waals surface area contributed by atoms with E-state index >= 15 is 0 Å². The molecule has 0 aliphatic rings. The van der Waals surface area contributed by atoms with E-state index in [-0.39, 0.29) is 5.56 Å². The predicted octanol–water partition coefficient (Wildman–Crippen LogP) is 4.52. The summed E-state index contributed by atoms with van der Waals surface area (Å²) in [6, 6.07) is 9.81. The average Bonchev–Trinajstić information content (AvgIpc) is 2.81. The van der Waals surface area contributed by atoms with Crippen molar-refractivity contribution in [1.82, 2.24) is 0 Å². The zero-order valence-electron chi connectivity index (χ0n) is 10.2. The molecule has 1 heterocycles. The normalized spacial score (nSPS) is 12.8. The van der Waals surface area contributed by atoms with E-state index in [1.54, 1.807) is 12.1 Å². The molecule has 0 amide bonds. The second-order valence-electron chi connectivity index (χ2n) is 4.44. The molecule has 20 heavy (non-hydrogen) atoms. The number of hydrogen-bond donors (Lipinski definition) is 1. The second-order valence-corrected chi connectivity index (χ2v) is 5.36. The smallest absolute Gasteiger partial charge is 0.134 e. The Morgan fingerprint density at radius 3 is 2.45 bits per heavy atom. The van der Waals surface area contributed by atoms with Crippen molar-refractivity contribution in [1.29, 1.82) is 0 Å². The Hall–Kier alpha value is -1.72. The lowest BCUT2D eigenvalue weighted by molar-refractivity contribution is 0.487. The van der Waals surface area contributed by atoms with Gasteiger partial charge in [-0.05, 0) is 36.4 Å². The van der Waals surface area contributed by atoms with Gasteiger partial charge in [0.15, 0.2) is 0 Å². The Labute approximate surface area is 122 Å². The number of halogens is 3. The van der Waals surface area contributed by atoms with Crippen LogP contribution in [0.1, 0.15) is 17.4 Å². The molecule has 5 heteroatoms. The summed E-state index contributed by atoms with van der Waals surface area (Å²) >= 11 is 3.35. The van der Waals surface area contributed by atoms with Gasteiger partial charge in [0.05, 0.1) is 6.04 Å². The first-order valence-electron chi connectivity index (χ1n) is 5.95. The van der Waals surface area contributed by atoms with Crippen LogP contribution >= 0.6 is 15.9 Å². The Morgan fingerprint density at radius 2 is 1.75 bits per heavy atom. The van der Waals surface area contributed by atoms with Gasteiger partial charge in [0, 0.05) is 15.4 Å². The number of benzene rings is 2. The molecular weight excluding hydrogens is 328 g/mol. The molecule has 3 aromatic rings. The molecule has 1 atom stereocenters. The summed E-state index contributed by atoms with van der Waals surface area (Å²) in [5.41, 5.74) is 6.37. The van der Waals surface area contributed by atoms with E-state index in [1.165, 1.54) is 18.2 Å². The maximum atomic E-state index is 13.7. The minimum Gasteiger partial charge on any atom is -0.459 e. The molecule has 2 N–H and O–H groups in total. The van der Waals surface area contributed by atoms with Crippen LogP contribution < -0.4 is 5.73 Å². The van der Waals surface area contributed by atoms with Crippen molar-refractivity contribution in [3.8, 4) is 0 Å². The molecule has 0 radical (unpaired) electrons. The van der Waals surface area contributed by atoms with Gasteiger partial charge in [0.1, 0.15) is 23.0 Å². The van der Waals surface area contributed by atoms with E-state index in [1.807, 2.05) is 12.1 Å². The quantitative estimate of drug-likeness (QED) is 0.746. The van der Waals surface area contributed by atoms with Gasteiger partial charge < -0.3 is 10.2 Å². The van der Waals surface area contributed by atoms with Crippen molar-refractivity contribution in [3.05, 3.63) is 69.9 Å². The molecule has 0 saturated heterocycles. The Morgan fingerprint density at radius 1 is 1.05 bits per heavy atom. The molecular formula is C15H10BrF2NO. The van der Waals surface area contributed by atoms with Gasteiger partial charge in [0.2, 0.25) is 0 Å². The fourth-order valence-corrected chi connectivity index (χ4v) is 2.52. The van der Waals surface area contributed by atoms with E-state index in [0.29, 0.717) is 11.3 Å². The summed E-state index contributed by atoms with van der Waals surface area (Å²) < 4.78 is 33.9. The maximum absolute atomic E-state index is 13.7. The van der Waals surface area contributed by atoms with Crippen LogP contribution in [0.5, 0.6) is 0 Å². The maximum Gasteiger partial charge on any atom is 0.134 e. The minimum atomic E-state index is -0.984. The van der Waals surface area contributed by atoms with Crippen LogP contribution in [0.2, 0.25) is 0 Å². The molecule has 3 rings (SSSR count). The van der Waals surface area contributed by atoms with Crippen LogP contribution in [0, 0.1) is 11.6 Å². The molecule has 1 aromatic heterocycles. The highest BCUT2D eigenvalue weighted by Gasteiger charge is 2.21. The molecule has 0 aliphatic carbocycles. The summed E-state index contributed by atoms with van der Waals surface area (Å²) in [5, 5.41) is 0.821. The zero-order chi connectivity index (χ0) is 14.3. The highest BCUT2D eigenvalue weighted by molar-refractivity contribution is 9.10. The largest absolute Gasteiger partial charge is 0.459 e. The zero-order valence-corrected chi connectivity index (χ0v) is 11.8. The molecule has 0 aliphatic heterocycles. The van der Waals surface area contributed by atoms with Crippen LogP contribution in [-0.4, -0.2) is 0 Å². The molecule has 0 bridgehead atoms. The molecule has 2 nitrogen and oxygen atoms in total. The fraction of sp³-hybridized carbons (Fsp3) is 0.0667. The first-order valence-corrected chi connectivity index (χ1v) is 6.74. The first-order chi connectivity index (χ1) is 9.56. The number of furan rings is 1. The summed E-state index contributed by atoms with van der Waals surface area (Å²) in [7, 11) is 0. The average molecular weight is 338 g/mol. The molecule has 0 spiro atoms. The minimum absolute atomic E-state index is 0.189. The van der Waals surface area contributed by atoms with Gasteiger partial charge in [-0.3, -0.25) is 0 Å². The Balaban J connectivity index is 2.10. The third-order valence-electron chi connectivity index (χ3n) is 3.11. The van der Waals surface area contributed by atoms with Gasteiger partial charge in [-0.2, -0.15) is 0 Å². The van der Waals surface area contributed by atoms with Crippen molar-refractivity contribution in [2.24, 2.45) is 5.73 Å². The number of fused-ring (bicyclic) bond motifs is 1. The summed E-state index contributed by atoms with van der Waals surface area (Å²) in [6.07, 6.45) is 0. The van der Waals surface area contributed by atoms with Crippen molar-refractivity contribution < 1.29 is 13.2 Å². The highest BCUT2D eigenvalue weighted by atomic mass is 79.9. The molecule has 1 unspecified atom stereocenters. The van der Waals surface area contributed by atoms with Crippen molar-refractivity contribution in [2.75, 3.05) is 0 Å². The van der Waals surface area contributed by atoms with Crippen LogP contribution in [0.4, 0.5) is 8.78 Å². The van der Waals surface area contributed by atoms with Crippen LogP contribution in [0.3, 0.4) is 0 Å². The van der Waals surface area contributed by atoms with Crippen molar-refractivity contribution in [3.63, 3.8) is 0 Å².